The third-order valence-electron chi connectivity index (χ3n) is 1.77. The van der Waals surface area contributed by atoms with Crippen molar-refractivity contribution < 1.29 is 9.53 Å². The van der Waals surface area contributed by atoms with E-state index in [9.17, 15) is 4.79 Å². The van der Waals surface area contributed by atoms with Gasteiger partial charge in [-0.1, -0.05) is 23.4 Å². The summed E-state index contributed by atoms with van der Waals surface area (Å²) >= 11 is 5.83. The third kappa shape index (κ3) is 3.02. The van der Waals surface area contributed by atoms with Crippen molar-refractivity contribution in [1.29, 1.82) is 5.26 Å². The molecule has 0 unspecified atom stereocenters. The van der Waals surface area contributed by atoms with Gasteiger partial charge in [-0.2, -0.15) is 5.26 Å². The molecule has 0 aromatic heterocycles. The standard InChI is InChI=1S/C12H8ClNO2/c1-16-12(15)10-8-9(4-2-3-7-14)5-6-11(10)13/h5-6,8H,3H2,1H3. The van der Waals surface area contributed by atoms with Crippen LogP contribution in [0.4, 0.5) is 0 Å². The molecule has 1 aromatic rings. The summed E-state index contributed by atoms with van der Waals surface area (Å²) in [5.41, 5.74) is 0.896. The maximum absolute atomic E-state index is 11.3. The van der Waals surface area contributed by atoms with Gasteiger partial charge in [0.05, 0.1) is 30.2 Å². The topological polar surface area (TPSA) is 50.1 Å². The van der Waals surface area contributed by atoms with E-state index in [0.29, 0.717) is 10.6 Å². The van der Waals surface area contributed by atoms with Gasteiger partial charge in [-0.15, -0.1) is 0 Å². The molecule has 0 bridgehead atoms. The molecule has 0 spiro atoms. The van der Waals surface area contributed by atoms with Crippen LogP contribution in [-0.4, -0.2) is 13.1 Å². The van der Waals surface area contributed by atoms with Gasteiger partial charge < -0.3 is 4.74 Å². The summed E-state index contributed by atoms with van der Waals surface area (Å²) in [4.78, 5) is 11.3. The van der Waals surface area contributed by atoms with E-state index in [1.54, 1.807) is 18.2 Å². The van der Waals surface area contributed by atoms with E-state index in [1.807, 2.05) is 6.07 Å². The second-order valence-corrected chi connectivity index (χ2v) is 3.23. The predicted molar refractivity (Wildman–Crippen MR) is 59.9 cm³/mol. The molecule has 3 nitrogen and oxygen atoms in total. The van der Waals surface area contributed by atoms with Gasteiger partial charge in [-0.3, -0.25) is 0 Å². The van der Waals surface area contributed by atoms with Gasteiger partial charge in [0.25, 0.3) is 0 Å². The molecule has 4 heteroatoms. The first kappa shape index (κ1) is 12.1. The fourth-order valence-corrected chi connectivity index (χ4v) is 1.25. The molecule has 0 aliphatic carbocycles. The number of carbonyl (C=O) groups excluding carboxylic acids is 1. The number of rotatable bonds is 1. The Kier molecular flexibility index (Phi) is 4.39. The second kappa shape index (κ2) is 5.80. The molecule has 1 rings (SSSR count). The zero-order chi connectivity index (χ0) is 12.0. The van der Waals surface area contributed by atoms with Crippen molar-refractivity contribution >= 4 is 17.6 Å². The van der Waals surface area contributed by atoms with Gasteiger partial charge in [0.15, 0.2) is 0 Å². The Bertz CT molecular complexity index is 506. The van der Waals surface area contributed by atoms with E-state index in [0.717, 1.165) is 0 Å². The normalized spacial score (nSPS) is 8.56. The van der Waals surface area contributed by atoms with Crippen molar-refractivity contribution in [3.63, 3.8) is 0 Å². The first-order chi connectivity index (χ1) is 7.69. The number of hydrogen-bond acceptors (Lipinski definition) is 3. The fourth-order valence-electron chi connectivity index (χ4n) is 1.06. The van der Waals surface area contributed by atoms with Gasteiger partial charge in [0.1, 0.15) is 0 Å². The highest BCUT2D eigenvalue weighted by Gasteiger charge is 2.10. The Labute approximate surface area is 98.6 Å². The lowest BCUT2D eigenvalue weighted by molar-refractivity contribution is 0.0601. The Balaban J connectivity index is 3.05. The minimum atomic E-state index is -0.506. The average Bonchev–Trinajstić information content (AvgIpc) is 2.30. The number of ether oxygens (including phenoxy) is 1. The van der Waals surface area contributed by atoms with Crippen LogP contribution in [0.2, 0.25) is 5.02 Å². The molecule has 0 amide bonds. The number of esters is 1. The van der Waals surface area contributed by atoms with Gasteiger partial charge in [-0.25, -0.2) is 4.79 Å². The molecular weight excluding hydrogens is 226 g/mol. The minimum Gasteiger partial charge on any atom is -0.465 e. The number of hydrogen-bond donors (Lipinski definition) is 0. The van der Waals surface area contributed by atoms with Gasteiger partial charge >= 0.3 is 5.97 Å². The Morgan fingerprint density at radius 2 is 2.31 bits per heavy atom. The molecule has 0 radical (unpaired) electrons. The Morgan fingerprint density at radius 1 is 1.56 bits per heavy atom. The summed E-state index contributed by atoms with van der Waals surface area (Å²) < 4.78 is 4.57. The van der Waals surface area contributed by atoms with Gasteiger partial charge in [-0.05, 0) is 18.2 Å². The number of nitriles is 1. The highest BCUT2D eigenvalue weighted by molar-refractivity contribution is 6.33. The van der Waals surface area contributed by atoms with Gasteiger partial charge in [0.2, 0.25) is 0 Å². The Hall–Kier alpha value is -1.97. The molecular formula is C12H8ClNO2. The van der Waals surface area contributed by atoms with E-state index in [2.05, 4.69) is 16.6 Å². The van der Waals surface area contributed by atoms with Crippen molar-refractivity contribution in [2.75, 3.05) is 7.11 Å². The molecule has 0 aliphatic rings. The van der Waals surface area contributed by atoms with Crippen molar-refractivity contribution in [1.82, 2.24) is 0 Å². The van der Waals surface area contributed by atoms with Crippen LogP contribution in [0, 0.1) is 23.2 Å². The molecule has 0 saturated heterocycles. The van der Waals surface area contributed by atoms with E-state index >= 15 is 0 Å². The van der Waals surface area contributed by atoms with Crippen molar-refractivity contribution in [3.05, 3.63) is 34.3 Å². The van der Waals surface area contributed by atoms with Crippen molar-refractivity contribution in [3.8, 4) is 17.9 Å². The number of methoxy groups -OCH3 is 1. The summed E-state index contributed by atoms with van der Waals surface area (Å²) in [6.45, 7) is 0. The van der Waals surface area contributed by atoms with Crippen LogP contribution in [0.25, 0.3) is 0 Å². The summed E-state index contributed by atoms with van der Waals surface area (Å²) in [5.74, 6) is 4.90. The largest absolute Gasteiger partial charge is 0.465 e. The molecule has 16 heavy (non-hydrogen) atoms. The zero-order valence-electron chi connectivity index (χ0n) is 8.58. The summed E-state index contributed by atoms with van der Waals surface area (Å²) in [7, 11) is 1.28. The van der Waals surface area contributed by atoms with E-state index in [1.165, 1.54) is 7.11 Å². The van der Waals surface area contributed by atoms with Crippen LogP contribution in [0.3, 0.4) is 0 Å². The molecule has 0 N–H and O–H groups in total. The van der Waals surface area contributed by atoms with Crippen LogP contribution in [-0.2, 0) is 4.74 Å². The van der Waals surface area contributed by atoms with Crippen LogP contribution >= 0.6 is 11.6 Å². The Morgan fingerprint density at radius 3 is 2.94 bits per heavy atom. The van der Waals surface area contributed by atoms with Crippen LogP contribution in [0.5, 0.6) is 0 Å². The average molecular weight is 234 g/mol. The van der Waals surface area contributed by atoms with E-state index in [4.69, 9.17) is 16.9 Å². The molecule has 0 heterocycles. The zero-order valence-corrected chi connectivity index (χ0v) is 9.34. The van der Waals surface area contributed by atoms with E-state index < -0.39 is 5.97 Å². The SMILES string of the molecule is COC(=O)c1cc(C#CCC#N)ccc1Cl. The van der Waals surface area contributed by atoms with Crippen LogP contribution < -0.4 is 0 Å². The number of nitrogens with zero attached hydrogens (tertiary/aromatic N) is 1. The van der Waals surface area contributed by atoms with Crippen LogP contribution in [0.1, 0.15) is 22.3 Å². The number of halogens is 1. The minimum absolute atomic E-state index is 0.149. The fraction of sp³-hybridized carbons (Fsp3) is 0.167. The molecule has 1 aromatic carbocycles. The molecule has 0 fully saturated rings. The lowest BCUT2D eigenvalue weighted by Crippen LogP contribution is -2.02. The predicted octanol–water partition coefficient (Wildman–Crippen LogP) is 2.39. The van der Waals surface area contributed by atoms with Crippen LogP contribution in [0.15, 0.2) is 18.2 Å². The molecule has 0 atom stereocenters. The first-order valence-electron chi connectivity index (χ1n) is 4.42. The summed E-state index contributed by atoms with van der Waals surface area (Å²) in [6, 6.07) is 6.70. The molecule has 0 aliphatic heterocycles. The maximum Gasteiger partial charge on any atom is 0.339 e. The quantitative estimate of drug-likeness (QED) is 0.553. The lowest BCUT2D eigenvalue weighted by Gasteiger charge is -2.02. The smallest absolute Gasteiger partial charge is 0.339 e. The summed E-state index contributed by atoms with van der Waals surface area (Å²) in [5, 5.41) is 8.64. The molecule has 80 valence electrons. The van der Waals surface area contributed by atoms with Crippen molar-refractivity contribution in [2.24, 2.45) is 0 Å². The summed E-state index contributed by atoms with van der Waals surface area (Å²) in [6.07, 6.45) is 0.149. The lowest BCUT2D eigenvalue weighted by atomic mass is 10.1. The molecule has 0 saturated carbocycles. The highest BCUT2D eigenvalue weighted by atomic mass is 35.5. The monoisotopic (exact) mass is 233 g/mol. The van der Waals surface area contributed by atoms with Gasteiger partial charge in [0, 0.05) is 5.56 Å². The second-order valence-electron chi connectivity index (χ2n) is 2.82. The number of carbonyl (C=O) groups is 1. The highest BCUT2D eigenvalue weighted by Crippen LogP contribution is 2.18. The number of benzene rings is 1. The first-order valence-corrected chi connectivity index (χ1v) is 4.80. The third-order valence-corrected chi connectivity index (χ3v) is 2.10. The maximum atomic E-state index is 11.3. The van der Waals surface area contributed by atoms with Crippen molar-refractivity contribution in [2.45, 2.75) is 6.42 Å². The van der Waals surface area contributed by atoms with E-state index in [-0.39, 0.29) is 12.0 Å².